The third kappa shape index (κ3) is 4.70. The molecule has 1 heterocycles. The highest BCUT2D eigenvalue weighted by Crippen LogP contribution is 2.31. The summed E-state index contributed by atoms with van der Waals surface area (Å²) in [6.07, 6.45) is 0.176. The zero-order chi connectivity index (χ0) is 20.8. The quantitative estimate of drug-likeness (QED) is 0.600. The Morgan fingerprint density at radius 3 is 2.33 bits per heavy atom. The molecule has 0 atom stereocenters. The number of anilines is 2. The monoisotopic (exact) mass is 400 g/mol. The van der Waals surface area contributed by atoms with Gasteiger partial charge >= 0.3 is 0 Å². The molecule has 7 heteroatoms. The maximum Gasteiger partial charge on any atom is 0.265 e. The Bertz CT molecular complexity index is 1070. The molecule has 3 aromatic carbocycles. The molecule has 0 aromatic heterocycles. The molecule has 4 rings (SSSR count). The fraction of sp³-hybridized carbons (Fsp3) is 0.130. The van der Waals surface area contributed by atoms with Crippen LogP contribution in [-0.2, 0) is 9.59 Å². The van der Waals surface area contributed by atoms with Crippen molar-refractivity contribution in [1.82, 2.24) is 0 Å². The van der Waals surface area contributed by atoms with Crippen molar-refractivity contribution in [2.24, 2.45) is 10.2 Å². The van der Waals surface area contributed by atoms with Crippen molar-refractivity contribution in [1.29, 1.82) is 0 Å². The van der Waals surface area contributed by atoms with Crippen LogP contribution < -0.4 is 15.0 Å². The molecule has 7 nitrogen and oxygen atoms in total. The van der Waals surface area contributed by atoms with E-state index in [1.807, 2.05) is 54.6 Å². The zero-order valence-electron chi connectivity index (χ0n) is 16.2. The van der Waals surface area contributed by atoms with Gasteiger partial charge < -0.3 is 15.0 Å². The van der Waals surface area contributed by atoms with Crippen LogP contribution >= 0.6 is 0 Å². The van der Waals surface area contributed by atoms with Crippen LogP contribution in [0, 0.1) is 0 Å². The van der Waals surface area contributed by atoms with E-state index in [0.29, 0.717) is 22.8 Å². The number of amides is 2. The summed E-state index contributed by atoms with van der Waals surface area (Å²) in [4.78, 5) is 26.1. The second kappa shape index (κ2) is 9.00. The number of nitrogens with zero attached hydrogens (tertiary/aromatic N) is 3. The average Bonchev–Trinajstić information content (AvgIpc) is 2.78. The topological polar surface area (TPSA) is 83.4 Å². The first kappa shape index (κ1) is 19.3. The third-order valence-corrected chi connectivity index (χ3v) is 4.56. The molecule has 0 saturated carbocycles. The minimum atomic E-state index is -0.176. The summed E-state index contributed by atoms with van der Waals surface area (Å²) in [6, 6.07) is 23.9. The Balaban J connectivity index is 1.32. The predicted molar refractivity (Wildman–Crippen MR) is 115 cm³/mol. The Labute approximate surface area is 174 Å². The number of benzene rings is 3. The van der Waals surface area contributed by atoms with Crippen molar-refractivity contribution in [3.63, 3.8) is 0 Å². The zero-order valence-corrected chi connectivity index (χ0v) is 16.2. The molecule has 150 valence electrons. The summed E-state index contributed by atoms with van der Waals surface area (Å²) < 4.78 is 5.42. The summed E-state index contributed by atoms with van der Waals surface area (Å²) >= 11 is 0. The molecule has 0 unspecified atom stereocenters. The van der Waals surface area contributed by atoms with Gasteiger partial charge in [0.25, 0.3) is 5.91 Å². The van der Waals surface area contributed by atoms with E-state index in [1.54, 1.807) is 29.2 Å². The van der Waals surface area contributed by atoms with E-state index < -0.39 is 0 Å². The summed E-state index contributed by atoms with van der Waals surface area (Å²) in [5, 5.41) is 11.2. The molecule has 0 spiro atoms. The fourth-order valence-electron chi connectivity index (χ4n) is 3.06. The van der Waals surface area contributed by atoms with E-state index in [9.17, 15) is 9.59 Å². The van der Waals surface area contributed by atoms with Gasteiger partial charge in [-0.1, -0.05) is 30.3 Å². The van der Waals surface area contributed by atoms with Crippen LogP contribution in [0.4, 0.5) is 22.7 Å². The van der Waals surface area contributed by atoms with Gasteiger partial charge in [-0.15, -0.1) is 0 Å². The van der Waals surface area contributed by atoms with Gasteiger partial charge in [0, 0.05) is 18.7 Å². The first-order valence-corrected chi connectivity index (χ1v) is 9.58. The highest BCUT2D eigenvalue weighted by Gasteiger charge is 2.25. The van der Waals surface area contributed by atoms with Crippen molar-refractivity contribution >= 4 is 34.6 Å². The molecule has 0 aliphatic carbocycles. The van der Waals surface area contributed by atoms with E-state index in [4.69, 9.17) is 4.74 Å². The number of rotatable bonds is 6. The van der Waals surface area contributed by atoms with Crippen LogP contribution in [-0.4, -0.2) is 25.0 Å². The van der Waals surface area contributed by atoms with Crippen LogP contribution in [0.2, 0.25) is 0 Å². The molecule has 1 aliphatic rings. The second-order valence-electron chi connectivity index (χ2n) is 6.68. The van der Waals surface area contributed by atoms with Gasteiger partial charge in [0.05, 0.1) is 17.1 Å². The Hall–Kier alpha value is -4.00. The minimum absolute atomic E-state index is 0.0162. The van der Waals surface area contributed by atoms with E-state index in [0.717, 1.165) is 5.69 Å². The molecule has 1 N–H and O–H groups in total. The van der Waals surface area contributed by atoms with Gasteiger partial charge in [-0.2, -0.15) is 10.2 Å². The van der Waals surface area contributed by atoms with Gasteiger partial charge in [0.2, 0.25) is 5.91 Å². The van der Waals surface area contributed by atoms with Crippen molar-refractivity contribution < 1.29 is 14.3 Å². The summed E-state index contributed by atoms with van der Waals surface area (Å²) in [5.74, 6) is 0.317. The first-order valence-electron chi connectivity index (χ1n) is 9.58. The molecule has 1 aliphatic heterocycles. The number of nitrogens with one attached hydrogen (secondary N) is 1. The molecule has 0 saturated heterocycles. The molecule has 2 amide bonds. The van der Waals surface area contributed by atoms with Gasteiger partial charge in [0.15, 0.2) is 6.61 Å². The number of azo groups is 1. The van der Waals surface area contributed by atoms with Crippen LogP contribution in [0.15, 0.2) is 89.1 Å². The lowest BCUT2D eigenvalue weighted by atomic mass is 10.2. The lowest BCUT2D eigenvalue weighted by molar-refractivity contribution is -0.121. The number of ether oxygens (including phenoxy) is 1. The van der Waals surface area contributed by atoms with Crippen molar-refractivity contribution in [2.75, 3.05) is 23.4 Å². The SMILES string of the molecule is O=C(CCN1C(=O)COc2ccccc21)Nc1ccc(N=Nc2ccccc2)cc1. The average molecular weight is 400 g/mol. The number of carbonyl (C=O) groups excluding carboxylic acids is 2. The molecule has 0 bridgehead atoms. The van der Waals surface area contributed by atoms with Gasteiger partial charge in [-0.05, 0) is 48.5 Å². The maximum absolute atomic E-state index is 12.3. The summed E-state index contributed by atoms with van der Waals surface area (Å²) in [5.41, 5.74) is 2.81. The predicted octanol–water partition coefficient (Wildman–Crippen LogP) is 4.86. The number of hydrogen-bond donors (Lipinski definition) is 1. The molecule has 30 heavy (non-hydrogen) atoms. The second-order valence-corrected chi connectivity index (χ2v) is 6.68. The lowest BCUT2D eigenvalue weighted by Crippen LogP contribution is -2.40. The fourth-order valence-corrected chi connectivity index (χ4v) is 3.06. The van der Waals surface area contributed by atoms with Gasteiger partial charge in [0.1, 0.15) is 5.75 Å². The Morgan fingerprint density at radius 2 is 1.57 bits per heavy atom. The number of hydrogen-bond acceptors (Lipinski definition) is 5. The standard InChI is InChI=1S/C23H20N4O3/c28-22(14-15-27-20-8-4-5-9-21(20)30-16-23(27)29)24-17-10-12-19(13-11-17)26-25-18-6-2-1-3-7-18/h1-13H,14-16H2,(H,24,28). The van der Waals surface area contributed by atoms with E-state index >= 15 is 0 Å². The third-order valence-electron chi connectivity index (χ3n) is 4.56. The van der Waals surface area contributed by atoms with Gasteiger partial charge in [-0.3, -0.25) is 9.59 Å². The molecule has 0 fully saturated rings. The van der Waals surface area contributed by atoms with Crippen LogP contribution in [0.25, 0.3) is 0 Å². The largest absolute Gasteiger partial charge is 0.482 e. The molecular formula is C23H20N4O3. The minimum Gasteiger partial charge on any atom is -0.482 e. The normalized spacial score (nSPS) is 13.1. The molecule has 0 radical (unpaired) electrons. The summed E-state index contributed by atoms with van der Waals surface area (Å²) in [6.45, 7) is 0.270. The van der Waals surface area contributed by atoms with Crippen molar-refractivity contribution in [2.45, 2.75) is 6.42 Å². The van der Waals surface area contributed by atoms with E-state index in [2.05, 4.69) is 15.5 Å². The smallest absolute Gasteiger partial charge is 0.265 e. The maximum atomic E-state index is 12.3. The lowest BCUT2D eigenvalue weighted by Gasteiger charge is -2.29. The van der Waals surface area contributed by atoms with E-state index in [1.165, 1.54) is 0 Å². The highest BCUT2D eigenvalue weighted by atomic mass is 16.5. The van der Waals surface area contributed by atoms with Gasteiger partial charge in [-0.25, -0.2) is 0 Å². The Morgan fingerprint density at radius 1 is 0.900 bits per heavy atom. The number of carbonyl (C=O) groups is 2. The van der Waals surface area contributed by atoms with Crippen molar-refractivity contribution in [3.05, 3.63) is 78.9 Å². The highest BCUT2D eigenvalue weighted by molar-refractivity contribution is 5.99. The molecular weight excluding hydrogens is 380 g/mol. The summed E-state index contributed by atoms with van der Waals surface area (Å²) in [7, 11) is 0. The Kier molecular flexibility index (Phi) is 5.80. The van der Waals surface area contributed by atoms with Crippen LogP contribution in [0.1, 0.15) is 6.42 Å². The number of para-hydroxylation sites is 2. The number of fused-ring (bicyclic) bond motifs is 1. The van der Waals surface area contributed by atoms with E-state index in [-0.39, 0.29) is 31.4 Å². The first-order chi connectivity index (χ1) is 14.7. The van der Waals surface area contributed by atoms with Crippen LogP contribution in [0.5, 0.6) is 5.75 Å². The van der Waals surface area contributed by atoms with Crippen LogP contribution in [0.3, 0.4) is 0 Å². The van der Waals surface area contributed by atoms with Crippen molar-refractivity contribution in [3.8, 4) is 5.75 Å². The molecule has 3 aromatic rings.